The van der Waals surface area contributed by atoms with Gasteiger partial charge >= 0.3 is 6.01 Å². The Morgan fingerprint density at radius 3 is 2.31 bits per heavy atom. The molecule has 1 N–H and O–H groups in total. The normalized spacial score (nSPS) is 11.6. The van der Waals surface area contributed by atoms with Gasteiger partial charge in [-0.15, -0.1) is 16.9 Å². The molecular weight excluding hydrogens is 448 g/mol. The van der Waals surface area contributed by atoms with Gasteiger partial charge in [0.15, 0.2) is 0 Å². The number of carbonyl (C=O) groups excluding carboxylic acids is 1. The SMILES string of the molecule is CCCN(CCC)S(=O)(=O)c1ccc(C(=O)Nc2nnc(-c3ccccc3SC)o2)cc1. The molecule has 10 heteroatoms. The molecule has 0 atom stereocenters. The quantitative estimate of drug-likeness (QED) is 0.431. The van der Waals surface area contributed by atoms with Crippen molar-refractivity contribution < 1.29 is 17.6 Å². The topological polar surface area (TPSA) is 105 Å². The maximum Gasteiger partial charge on any atom is 0.322 e. The Hall–Kier alpha value is -2.69. The molecule has 0 aliphatic rings. The van der Waals surface area contributed by atoms with Gasteiger partial charge in [0.1, 0.15) is 0 Å². The van der Waals surface area contributed by atoms with E-state index in [2.05, 4.69) is 15.5 Å². The largest absolute Gasteiger partial charge is 0.403 e. The smallest absolute Gasteiger partial charge is 0.322 e. The maximum absolute atomic E-state index is 12.9. The number of carbonyl (C=O) groups is 1. The fraction of sp³-hybridized carbons (Fsp3) is 0.318. The Morgan fingerprint density at radius 1 is 1.03 bits per heavy atom. The maximum atomic E-state index is 12.9. The standard InChI is InChI=1S/C22H26N4O4S2/c1-4-14-26(15-5-2)32(28,29)17-12-10-16(11-13-17)20(27)23-22-25-24-21(30-22)18-8-6-7-9-19(18)31-3/h6-13H,4-5,14-15H2,1-3H3,(H,23,25,27). The van der Waals surface area contributed by atoms with Crippen LogP contribution in [0.4, 0.5) is 6.01 Å². The summed E-state index contributed by atoms with van der Waals surface area (Å²) in [6.07, 6.45) is 3.41. The van der Waals surface area contributed by atoms with Gasteiger partial charge in [0.2, 0.25) is 10.0 Å². The van der Waals surface area contributed by atoms with Crippen LogP contribution in [0.3, 0.4) is 0 Å². The van der Waals surface area contributed by atoms with Gasteiger partial charge in [-0.3, -0.25) is 10.1 Å². The highest BCUT2D eigenvalue weighted by Gasteiger charge is 2.23. The van der Waals surface area contributed by atoms with Crippen molar-refractivity contribution in [2.45, 2.75) is 36.5 Å². The van der Waals surface area contributed by atoms with Gasteiger partial charge in [-0.25, -0.2) is 8.42 Å². The zero-order valence-corrected chi connectivity index (χ0v) is 19.9. The summed E-state index contributed by atoms with van der Waals surface area (Å²) in [6, 6.07) is 13.4. The number of nitrogens with zero attached hydrogens (tertiary/aromatic N) is 3. The number of amides is 1. The van der Waals surface area contributed by atoms with Crippen molar-refractivity contribution in [3.8, 4) is 11.5 Å². The van der Waals surface area contributed by atoms with E-state index in [1.807, 2.05) is 44.4 Å². The molecule has 2 aromatic carbocycles. The lowest BCUT2D eigenvalue weighted by molar-refractivity contribution is 0.102. The molecule has 0 saturated heterocycles. The Balaban J connectivity index is 1.74. The Kier molecular flexibility index (Phi) is 8.05. The van der Waals surface area contributed by atoms with Crippen LogP contribution in [0, 0.1) is 0 Å². The monoisotopic (exact) mass is 474 g/mol. The van der Waals surface area contributed by atoms with Crippen LogP contribution in [-0.4, -0.2) is 48.2 Å². The second kappa shape index (κ2) is 10.8. The lowest BCUT2D eigenvalue weighted by atomic mass is 10.2. The average molecular weight is 475 g/mol. The minimum atomic E-state index is -3.60. The van der Waals surface area contributed by atoms with E-state index in [9.17, 15) is 13.2 Å². The van der Waals surface area contributed by atoms with Crippen LogP contribution in [0.2, 0.25) is 0 Å². The van der Waals surface area contributed by atoms with Crippen molar-refractivity contribution in [1.29, 1.82) is 0 Å². The highest BCUT2D eigenvalue weighted by Crippen LogP contribution is 2.29. The third-order valence-corrected chi connectivity index (χ3v) is 7.39. The Morgan fingerprint density at radius 2 is 1.69 bits per heavy atom. The minimum absolute atomic E-state index is 0.0327. The van der Waals surface area contributed by atoms with Gasteiger partial charge in [0, 0.05) is 23.5 Å². The molecule has 0 radical (unpaired) electrons. The third kappa shape index (κ3) is 5.37. The highest BCUT2D eigenvalue weighted by molar-refractivity contribution is 7.98. The molecular formula is C22H26N4O4S2. The first kappa shape index (κ1) is 24.0. The summed E-state index contributed by atoms with van der Waals surface area (Å²) in [4.78, 5) is 13.7. The fourth-order valence-electron chi connectivity index (χ4n) is 3.15. The Bertz CT molecular complexity index is 1150. The number of anilines is 1. The summed E-state index contributed by atoms with van der Waals surface area (Å²) in [5, 5.41) is 10.5. The molecule has 8 nitrogen and oxygen atoms in total. The molecule has 170 valence electrons. The molecule has 0 saturated carbocycles. The molecule has 0 spiro atoms. The number of hydrogen-bond donors (Lipinski definition) is 1. The number of rotatable bonds is 10. The molecule has 0 bridgehead atoms. The van der Waals surface area contributed by atoms with Gasteiger partial charge < -0.3 is 4.42 Å². The number of thioether (sulfide) groups is 1. The molecule has 0 aliphatic heterocycles. The third-order valence-electron chi connectivity index (χ3n) is 4.68. The zero-order chi connectivity index (χ0) is 23.1. The summed E-state index contributed by atoms with van der Waals surface area (Å²) in [5.74, 6) is -0.167. The first-order valence-electron chi connectivity index (χ1n) is 10.3. The van der Waals surface area contributed by atoms with Crippen molar-refractivity contribution >= 4 is 33.7 Å². The first-order valence-corrected chi connectivity index (χ1v) is 13.0. The molecule has 1 aromatic heterocycles. The average Bonchev–Trinajstić information content (AvgIpc) is 3.27. The molecule has 0 fully saturated rings. The molecule has 3 rings (SSSR count). The van der Waals surface area contributed by atoms with Crippen LogP contribution in [0.1, 0.15) is 37.0 Å². The predicted molar refractivity (Wildman–Crippen MR) is 125 cm³/mol. The van der Waals surface area contributed by atoms with Gasteiger partial charge in [0.05, 0.1) is 10.5 Å². The van der Waals surface area contributed by atoms with Crippen molar-refractivity contribution in [2.24, 2.45) is 0 Å². The van der Waals surface area contributed by atoms with E-state index >= 15 is 0 Å². The van der Waals surface area contributed by atoms with Crippen LogP contribution in [0.15, 0.2) is 62.7 Å². The summed E-state index contributed by atoms with van der Waals surface area (Å²) in [7, 11) is -3.60. The lowest BCUT2D eigenvalue weighted by Gasteiger charge is -2.21. The molecule has 1 heterocycles. The van der Waals surface area contributed by atoms with Crippen LogP contribution >= 0.6 is 11.8 Å². The van der Waals surface area contributed by atoms with Crippen LogP contribution in [0.25, 0.3) is 11.5 Å². The predicted octanol–water partition coefficient (Wildman–Crippen LogP) is 4.52. The van der Waals surface area contributed by atoms with Gasteiger partial charge in [-0.2, -0.15) is 4.31 Å². The van der Waals surface area contributed by atoms with Crippen LogP contribution < -0.4 is 5.32 Å². The number of hydrogen-bond acceptors (Lipinski definition) is 7. The van der Waals surface area contributed by atoms with Crippen molar-refractivity contribution in [3.05, 3.63) is 54.1 Å². The lowest BCUT2D eigenvalue weighted by Crippen LogP contribution is -2.32. The molecule has 0 aliphatic carbocycles. The molecule has 1 amide bonds. The van der Waals surface area contributed by atoms with Crippen molar-refractivity contribution in [1.82, 2.24) is 14.5 Å². The summed E-state index contributed by atoms with van der Waals surface area (Å²) in [5.41, 5.74) is 1.07. The molecule has 0 unspecified atom stereocenters. The van der Waals surface area contributed by atoms with E-state index < -0.39 is 15.9 Å². The van der Waals surface area contributed by atoms with Crippen LogP contribution in [0.5, 0.6) is 0 Å². The van der Waals surface area contributed by atoms with Crippen LogP contribution in [-0.2, 0) is 10.0 Å². The Labute approximate surface area is 192 Å². The van der Waals surface area contributed by atoms with E-state index in [4.69, 9.17) is 4.42 Å². The fourth-order valence-corrected chi connectivity index (χ4v) is 5.37. The van der Waals surface area contributed by atoms with Crippen molar-refractivity contribution in [3.63, 3.8) is 0 Å². The molecule has 32 heavy (non-hydrogen) atoms. The second-order valence-electron chi connectivity index (χ2n) is 7.00. The van der Waals surface area contributed by atoms with E-state index in [-0.39, 0.29) is 16.5 Å². The number of benzene rings is 2. The second-order valence-corrected chi connectivity index (χ2v) is 9.78. The summed E-state index contributed by atoms with van der Waals surface area (Å²) >= 11 is 1.55. The first-order chi connectivity index (χ1) is 15.4. The van der Waals surface area contributed by atoms with Crippen molar-refractivity contribution in [2.75, 3.05) is 24.7 Å². The minimum Gasteiger partial charge on any atom is -0.403 e. The number of nitrogens with one attached hydrogen (secondary N) is 1. The van der Waals surface area contributed by atoms with E-state index in [1.54, 1.807) is 11.8 Å². The number of aromatic nitrogens is 2. The van der Waals surface area contributed by atoms with Gasteiger partial charge in [-0.1, -0.05) is 31.1 Å². The summed E-state index contributed by atoms with van der Waals surface area (Å²) < 4.78 is 32.8. The van der Waals surface area contributed by atoms with Gasteiger partial charge in [-0.05, 0) is 55.5 Å². The molecule has 3 aromatic rings. The van der Waals surface area contributed by atoms with E-state index in [0.29, 0.717) is 19.0 Å². The number of sulfonamides is 1. The van der Waals surface area contributed by atoms with E-state index in [1.165, 1.54) is 28.6 Å². The van der Waals surface area contributed by atoms with Gasteiger partial charge in [0.25, 0.3) is 11.8 Å². The van der Waals surface area contributed by atoms with E-state index in [0.717, 1.165) is 23.3 Å². The highest BCUT2D eigenvalue weighted by atomic mass is 32.2. The summed E-state index contributed by atoms with van der Waals surface area (Å²) in [6.45, 7) is 4.79. The zero-order valence-electron chi connectivity index (χ0n) is 18.2.